The zero-order valence-electron chi connectivity index (χ0n) is 14.8. The van der Waals surface area contributed by atoms with Crippen molar-refractivity contribution < 1.29 is 18.7 Å². The Hall–Kier alpha value is -2.60. The number of amides is 1. The Kier molecular flexibility index (Phi) is 6.07. The van der Waals surface area contributed by atoms with Gasteiger partial charge < -0.3 is 19.7 Å². The lowest BCUT2D eigenvalue weighted by Gasteiger charge is -2.29. The van der Waals surface area contributed by atoms with Gasteiger partial charge in [-0.2, -0.15) is 0 Å². The second-order valence-electron chi connectivity index (χ2n) is 6.41. The molecule has 1 aliphatic rings. The van der Waals surface area contributed by atoms with E-state index in [-0.39, 0.29) is 24.4 Å². The van der Waals surface area contributed by atoms with Crippen LogP contribution in [0.25, 0.3) is 0 Å². The van der Waals surface area contributed by atoms with E-state index < -0.39 is 5.82 Å². The third kappa shape index (κ3) is 5.20. The molecule has 1 fully saturated rings. The van der Waals surface area contributed by atoms with Crippen LogP contribution in [0.4, 0.5) is 10.1 Å². The summed E-state index contributed by atoms with van der Waals surface area (Å²) in [6.45, 7) is 1.83. The minimum absolute atomic E-state index is 0.0597. The minimum Gasteiger partial charge on any atom is -0.490 e. The van der Waals surface area contributed by atoms with Gasteiger partial charge in [-0.1, -0.05) is 12.1 Å². The Labute approximate surface area is 152 Å². The van der Waals surface area contributed by atoms with E-state index in [1.54, 1.807) is 24.3 Å². The van der Waals surface area contributed by atoms with Crippen LogP contribution in [0, 0.1) is 5.82 Å². The summed E-state index contributed by atoms with van der Waals surface area (Å²) in [4.78, 5) is 14.2. The monoisotopic (exact) mass is 358 g/mol. The smallest absolute Gasteiger partial charge is 0.262 e. The Bertz CT molecular complexity index is 728. The van der Waals surface area contributed by atoms with Crippen molar-refractivity contribution in [1.29, 1.82) is 0 Å². The second-order valence-corrected chi connectivity index (χ2v) is 6.41. The molecule has 2 aromatic carbocycles. The molecule has 1 saturated heterocycles. The highest BCUT2D eigenvalue weighted by Gasteiger charge is 2.17. The largest absolute Gasteiger partial charge is 0.490 e. The molecule has 0 spiro atoms. The highest BCUT2D eigenvalue weighted by atomic mass is 19.1. The molecule has 0 unspecified atom stereocenters. The fourth-order valence-corrected chi connectivity index (χ4v) is 2.81. The molecule has 26 heavy (non-hydrogen) atoms. The number of ether oxygens (including phenoxy) is 2. The van der Waals surface area contributed by atoms with Crippen molar-refractivity contribution in [2.45, 2.75) is 18.9 Å². The second kappa shape index (κ2) is 8.67. The van der Waals surface area contributed by atoms with Crippen LogP contribution in [0.2, 0.25) is 0 Å². The van der Waals surface area contributed by atoms with E-state index in [0.29, 0.717) is 5.69 Å². The molecule has 0 aliphatic carbocycles. The lowest BCUT2D eigenvalue weighted by molar-refractivity contribution is -0.118. The number of benzene rings is 2. The van der Waals surface area contributed by atoms with Crippen molar-refractivity contribution in [3.8, 4) is 11.5 Å². The molecule has 138 valence electrons. The van der Waals surface area contributed by atoms with Crippen LogP contribution in [0.5, 0.6) is 11.5 Å². The summed E-state index contributed by atoms with van der Waals surface area (Å²) >= 11 is 0. The highest BCUT2D eigenvalue weighted by molar-refractivity contribution is 5.91. The van der Waals surface area contributed by atoms with Gasteiger partial charge in [-0.15, -0.1) is 0 Å². The van der Waals surface area contributed by atoms with Gasteiger partial charge >= 0.3 is 0 Å². The van der Waals surface area contributed by atoms with Crippen molar-refractivity contribution in [1.82, 2.24) is 4.90 Å². The summed E-state index contributed by atoms with van der Waals surface area (Å²) in [5.74, 6) is 0.0117. The number of para-hydroxylation sites is 1. The van der Waals surface area contributed by atoms with Gasteiger partial charge in [0.2, 0.25) is 0 Å². The van der Waals surface area contributed by atoms with E-state index in [9.17, 15) is 9.18 Å². The van der Waals surface area contributed by atoms with Crippen LogP contribution in [0.15, 0.2) is 48.5 Å². The van der Waals surface area contributed by atoms with Crippen LogP contribution in [-0.4, -0.2) is 43.7 Å². The quantitative estimate of drug-likeness (QED) is 0.861. The predicted molar refractivity (Wildman–Crippen MR) is 98.1 cm³/mol. The molecule has 1 amide bonds. The van der Waals surface area contributed by atoms with E-state index in [0.717, 1.165) is 31.7 Å². The standard InChI is InChI=1S/C20H23FN2O3/c1-23-12-10-17(11-13-23)26-16-8-6-15(7-9-16)22-20(24)14-25-19-5-3-2-4-18(19)21/h2-9,17H,10-14H2,1H3,(H,22,24). The fourth-order valence-electron chi connectivity index (χ4n) is 2.81. The predicted octanol–water partition coefficient (Wildman–Crippen LogP) is 3.32. The van der Waals surface area contributed by atoms with Gasteiger partial charge in [0.05, 0.1) is 0 Å². The molecule has 1 N–H and O–H groups in total. The van der Waals surface area contributed by atoms with E-state index in [1.165, 1.54) is 12.1 Å². The average Bonchev–Trinajstić information content (AvgIpc) is 2.64. The first kappa shape index (κ1) is 18.2. The number of likely N-dealkylation sites (tertiary alicyclic amines) is 1. The highest BCUT2D eigenvalue weighted by Crippen LogP contribution is 2.21. The molecule has 0 bridgehead atoms. The maximum absolute atomic E-state index is 13.5. The zero-order chi connectivity index (χ0) is 18.4. The molecule has 0 atom stereocenters. The summed E-state index contributed by atoms with van der Waals surface area (Å²) in [5, 5.41) is 2.72. The normalized spacial score (nSPS) is 15.5. The molecular weight excluding hydrogens is 335 g/mol. The zero-order valence-corrected chi connectivity index (χ0v) is 14.8. The average molecular weight is 358 g/mol. The number of nitrogens with one attached hydrogen (secondary N) is 1. The van der Waals surface area contributed by atoms with E-state index in [1.807, 2.05) is 12.1 Å². The van der Waals surface area contributed by atoms with Crippen molar-refractivity contribution in [2.75, 3.05) is 32.1 Å². The molecule has 2 aromatic rings. The molecule has 1 aliphatic heterocycles. The summed E-state index contributed by atoms with van der Waals surface area (Å²) in [7, 11) is 2.11. The van der Waals surface area contributed by atoms with Gasteiger partial charge in [-0.05, 0) is 56.3 Å². The number of anilines is 1. The molecule has 3 rings (SSSR count). The van der Waals surface area contributed by atoms with Gasteiger partial charge in [-0.3, -0.25) is 4.79 Å². The Morgan fingerprint density at radius 3 is 2.54 bits per heavy atom. The van der Waals surface area contributed by atoms with Gasteiger partial charge in [0.15, 0.2) is 18.2 Å². The van der Waals surface area contributed by atoms with Gasteiger partial charge in [0.1, 0.15) is 11.9 Å². The number of carbonyl (C=O) groups excluding carboxylic acids is 1. The van der Waals surface area contributed by atoms with Crippen LogP contribution in [0.3, 0.4) is 0 Å². The SMILES string of the molecule is CN1CCC(Oc2ccc(NC(=O)COc3ccccc3F)cc2)CC1. The molecule has 0 saturated carbocycles. The lowest BCUT2D eigenvalue weighted by Crippen LogP contribution is -2.35. The van der Waals surface area contributed by atoms with Crippen molar-refractivity contribution >= 4 is 11.6 Å². The number of hydrogen-bond donors (Lipinski definition) is 1. The first-order valence-electron chi connectivity index (χ1n) is 8.72. The van der Waals surface area contributed by atoms with Crippen LogP contribution >= 0.6 is 0 Å². The first-order valence-corrected chi connectivity index (χ1v) is 8.72. The Morgan fingerprint density at radius 1 is 1.15 bits per heavy atom. The number of piperidine rings is 1. The molecule has 0 radical (unpaired) electrons. The summed E-state index contributed by atoms with van der Waals surface area (Å²) in [5.41, 5.74) is 0.642. The molecular formula is C20H23FN2O3. The van der Waals surface area contributed by atoms with Gasteiger partial charge in [-0.25, -0.2) is 4.39 Å². The maximum atomic E-state index is 13.5. The number of rotatable bonds is 6. The third-order valence-corrected chi connectivity index (χ3v) is 4.30. The van der Waals surface area contributed by atoms with Crippen LogP contribution in [0.1, 0.15) is 12.8 Å². The number of halogens is 1. The minimum atomic E-state index is -0.490. The van der Waals surface area contributed by atoms with Crippen molar-refractivity contribution in [3.63, 3.8) is 0 Å². The Morgan fingerprint density at radius 2 is 1.85 bits per heavy atom. The molecule has 0 aromatic heterocycles. The van der Waals surface area contributed by atoms with E-state index in [2.05, 4.69) is 17.3 Å². The number of carbonyl (C=O) groups is 1. The molecule has 5 nitrogen and oxygen atoms in total. The topological polar surface area (TPSA) is 50.8 Å². The van der Waals surface area contributed by atoms with E-state index >= 15 is 0 Å². The van der Waals surface area contributed by atoms with Gasteiger partial charge in [0, 0.05) is 18.8 Å². The first-order chi connectivity index (χ1) is 12.6. The number of hydrogen-bond acceptors (Lipinski definition) is 4. The van der Waals surface area contributed by atoms with Gasteiger partial charge in [0.25, 0.3) is 5.91 Å². The van der Waals surface area contributed by atoms with Crippen LogP contribution in [-0.2, 0) is 4.79 Å². The van der Waals surface area contributed by atoms with Crippen molar-refractivity contribution in [3.05, 3.63) is 54.3 Å². The third-order valence-electron chi connectivity index (χ3n) is 4.30. The summed E-state index contributed by atoms with van der Waals surface area (Å²) < 4.78 is 24.6. The summed E-state index contributed by atoms with van der Waals surface area (Å²) in [6, 6.07) is 13.2. The summed E-state index contributed by atoms with van der Waals surface area (Å²) in [6.07, 6.45) is 2.27. The molecule has 6 heteroatoms. The van der Waals surface area contributed by atoms with Crippen molar-refractivity contribution in [2.24, 2.45) is 0 Å². The fraction of sp³-hybridized carbons (Fsp3) is 0.350. The van der Waals surface area contributed by atoms with Crippen LogP contribution < -0.4 is 14.8 Å². The molecule has 1 heterocycles. The lowest BCUT2D eigenvalue weighted by atomic mass is 10.1. The Balaban J connectivity index is 1.46. The maximum Gasteiger partial charge on any atom is 0.262 e. The van der Waals surface area contributed by atoms with E-state index in [4.69, 9.17) is 9.47 Å². The number of nitrogens with zero attached hydrogens (tertiary/aromatic N) is 1.